The van der Waals surface area contributed by atoms with Crippen molar-refractivity contribution in [2.45, 2.75) is 21.9 Å². The van der Waals surface area contributed by atoms with Crippen molar-refractivity contribution in [2.75, 3.05) is 0 Å². The Morgan fingerprint density at radius 2 is 0.765 bits per heavy atom. The Kier molecular flexibility index (Phi) is 37.0. The average Bonchev–Trinajstić information content (AvgIpc) is 3.00. The average molecular weight is 384 g/mol. The fourth-order valence-corrected chi connectivity index (χ4v) is 0.556. The fourth-order valence-electron chi connectivity index (χ4n) is 0.556. The van der Waals surface area contributed by atoms with Crippen LogP contribution in [0.25, 0.3) is 0 Å². The van der Waals surface area contributed by atoms with Gasteiger partial charge in [0.25, 0.3) is 0 Å². The molecule has 12 radical (unpaired) electrons. The van der Waals surface area contributed by atoms with Gasteiger partial charge in [0.2, 0.25) is 0 Å². The van der Waals surface area contributed by atoms with Gasteiger partial charge >= 0.3 is 56.7 Å². The molecule has 0 aliphatic heterocycles. The molecule has 0 aromatic heterocycles. The van der Waals surface area contributed by atoms with E-state index in [9.17, 15) is 0 Å². The van der Waals surface area contributed by atoms with Crippen LogP contribution in [0.5, 0.6) is 0 Å². The van der Waals surface area contributed by atoms with Crippen LogP contribution in [0.1, 0.15) is 0 Å². The number of hydrogen-bond acceptors (Lipinski definition) is 0. The summed E-state index contributed by atoms with van der Waals surface area (Å²) >= 11 is 0.625. The van der Waals surface area contributed by atoms with Crippen LogP contribution in [0.2, 0.25) is 21.9 Å². The van der Waals surface area contributed by atoms with Gasteiger partial charge in [-0.2, -0.15) is 0 Å². The second kappa shape index (κ2) is 26.4. The first-order valence-corrected chi connectivity index (χ1v) is 15.2. The van der Waals surface area contributed by atoms with E-state index in [1.54, 1.807) is 0 Å². The minimum absolute atomic E-state index is 0. The predicted molar refractivity (Wildman–Crippen MR) is 75.9 cm³/mol. The maximum Gasteiger partial charge on any atom is 0 e. The topological polar surface area (TPSA) is 0 Å². The van der Waals surface area contributed by atoms with E-state index in [1.807, 2.05) is 51.4 Å². The van der Waals surface area contributed by atoms with E-state index in [-0.39, 0.29) is 17.1 Å². The Hall–Kier alpha value is 1.79. The quantitative estimate of drug-likeness (QED) is 0.444. The van der Waals surface area contributed by atoms with Gasteiger partial charge in [-0.15, -0.1) is 0 Å². The summed E-state index contributed by atoms with van der Waals surface area (Å²) in [5.74, 6) is 0. The molecule has 0 spiro atoms. The third-order valence-electron chi connectivity index (χ3n) is 0.992. The zero-order chi connectivity index (χ0) is 12.5. The van der Waals surface area contributed by atoms with Crippen molar-refractivity contribution in [3.8, 4) is 0 Å². The summed E-state index contributed by atoms with van der Waals surface area (Å²) in [6.45, 7) is 0. The third kappa shape index (κ3) is 31.9. The van der Waals surface area contributed by atoms with Crippen LogP contribution in [0.15, 0.2) is 0 Å². The van der Waals surface area contributed by atoms with Crippen molar-refractivity contribution in [3.63, 3.8) is 0 Å². The van der Waals surface area contributed by atoms with Gasteiger partial charge < -0.3 is 12.8 Å². The van der Waals surface area contributed by atoms with Gasteiger partial charge in [-0.1, -0.05) is 25.7 Å². The van der Waals surface area contributed by atoms with Crippen LogP contribution >= 0.6 is 0 Å². The van der Waals surface area contributed by atoms with Crippen molar-refractivity contribution >= 4 is 34.8 Å². The van der Waals surface area contributed by atoms with Gasteiger partial charge in [0.15, 0.2) is 0 Å². The SMILES string of the molecule is [C-]1[CH][CH][CH][CH]1.[C-]1[CH][CH][CH][CH]1.[CH3][Ga][CH3].[CH3][Ga][CH3].[Fe]. The van der Waals surface area contributed by atoms with E-state index in [1.165, 1.54) is 0 Å². The monoisotopic (exact) mass is 382 g/mol. The fraction of sp³-hybridized carbons (Fsp3) is 0.286. The molecule has 0 nitrogen and oxygen atoms in total. The molecule has 2 aliphatic carbocycles. The minimum Gasteiger partial charge on any atom is 0 e. The van der Waals surface area contributed by atoms with Gasteiger partial charge in [0.1, 0.15) is 0 Å². The molecule has 3 heteroatoms. The molecule has 0 N–H and O–H groups in total. The molecule has 0 saturated heterocycles. The van der Waals surface area contributed by atoms with E-state index in [0.29, 0.717) is 34.8 Å². The zero-order valence-electron chi connectivity index (χ0n) is 11.1. The molecule has 2 aliphatic rings. The summed E-state index contributed by atoms with van der Waals surface area (Å²) in [5, 5.41) is 0. The first-order valence-electron chi connectivity index (χ1n) is 5.46. The van der Waals surface area contributed by atoms with Crippen LogP contribution in [0.3, 0.4) is 0 Å². The molecule has 0 aromatic rings. The first-order chi connectivity index (χ1) is 7.83. The molecule has 0 atom stereocenters. The van der Waals surface area contributed by atoms with Crippen molar-refractivity contribution < 1.29 is 17.1 Å². The smallest absolute Gasteiger partial charge is 0 e. The van der Waals surface area contributed by atoms with Crippen molar-refractivity contribution in [1.82, 2.24) is 0 Å². The molecule has 2 saturated carbocycles. The van der Waals surface area contributed by atoms with Gasteiger partial charge in [-0.3, -0.25) is 0 Å². The Morgan fingerprint density at radius 3 is 0.824 bits per heavy atom. The van der Waals surface area contributed by atoms with Gasteiger partial charge in [0, 0.05) is 17.1 Å². The maximum absolute atomic E-state index is 2.86. The summed E-state index contributed by atoms with van der Waals surface area (Å²) in [5.41, 5.74) is 9.12. The van der Waals surface area contributed by atoms with Crippen LogP contribution in [-0.2, 0) is 17.1 Å². The van der Waals surface area contributed by atoms with Crippen molar-refractivity contribution in [1.29, 1.82) is 0 Å². The van der Waals surface area contributed by atoms with Crippen molar-refractivity contribution in [3.05, 3.63) is 64.2 Å². The second-order valence-electron chi connectivity index (χ2n) is 2.92. The van der Waals surface area contributed by atoms with E-state index in [4.69, 9.17) is 0 Å². The molecule has 0 unspecified atom stereocenters. The normalized spacial score (nSPS) is 15.8. The molecular weight excluding hydrogens is 363 g/mol. The summed E-state index contributed by atoms with van der Waals surface area (Å²) < 4.78 is 0. The standard InChI is InChI=1S/2C5H4.4CH3.Fe.2Ga/c2*1-2-4-5-3-1;;;;;;;/h2*1-4H;4*1H3;;;/q2*-1;;;;;;;. The third-order valence-corrected chi connectivity index (χ3v) is 0.992. The molecule has 92 valence electrons. The molecule has 0 amide bonds. The minimum atomic E-state index is 0. The molecule has 2 fully saturated rings. The van der Waals surface area contributed by atoms with E-state index in [2.05, 4.69) is 34.8 Å². The van der Waals surface area contributed by atoms with Gasteiger partial charge in [-0.25, -0.2) is 25.7 Å². The number of rotatable bonds is 0. The van der Waals surface area contributed by atoms with Crippen molar-refractivity contribution in [2.24, 2.45) is 0 Å². The molecular formula is C14H20FeGa2-2. The van der Waals surface area contributed by atoms with E-state index in [0.717, 1.165) is 0 Å². The summed E-state index contributed by atoms with van der Waals surface area (Å²) in [7, 11) is 0. The Balaban J connectivity index is -0.000000157. The second-order valence-corrected chi connectivity index (χ2v) is 7.77. The largest absolute Gasteiger partial charge is 0 e. The van der Waals surface area contributed by atoms with Crippen LogP contribution in [0.4, 0.5) is 0 Å². The van der Waals surface area contributed by atoms with Crippen LogP contribution < -0.4 is 0 Å². The summed E-state index contributed by atoms with van der Waals surface area (Å²) in [6, 6.07) is 0. The number of hydrogen-bond donors (Lipinski definition) is 0. The van der Waals surface area contributed by atoms with E-state index >= 15 is 0 Å². The zero-order valence-corrected chi connectivity index (χ0v) is 17.1. The first kappa shape index (κ1) is 23.9. The molecule has 0 bridgehead atoms. The Bertz CT molecular complexity index is 65.0. The molecule has 17 heavy (non-hydrogen) atoms. The molecule has 0 heterocycles. The molecule has 0 aromatic carbocycles. The maximum atomic E-state index is 2.86. The Labute approximate surface area is 137 Å². The summed E-state index contributed by atoms with van der Waals surface area (Å²) in [6.07, 6.45) is 21.0. The van der Waals surface area contributed by atoms with Crippen LogP contribution in [-0.4, -0.2) is 34.8 Å². The molecule has 2 rings (SSSR count). The van der Waals surface area contributed by atoms with Gasteiger partial charge in [-0.05, 0) is 0 Å². The van der Waals surface area contributed by atoms with E-state index < -0.39 is 0 Å². The van der Waals surface area contributed by atoms with Crippen LogP contribution in [0, 0.1) is 64.2 Å². The Morgan fingerprint density at radius 1 is 0.588 bits per heavy atom. The summed E-state index contributed by atoms with van der Waals surface area (Å²) in [4.78, 5) is 0. The van der Waals surface area contributed by atoms with Gasteiger partial charge in [0.05, 0.1) is 0 Å². The predicted octanol–water partition coefficient (Wildman–Crippen LogP) is 3.37.